The summed E-state index contributed by atoms with van der Waals surface area (Å²) in [7, 11) is 0. The van der Waals surface area contributed by atoms with Gasteiger partial charge in [-0.2, -0.15) is 0 Å². The number of guanidine groups is 1. The molecule has 0 aromatic carbocycles. The van der Waals surface area contributed by atoms with E-state index in [1.54, 1.807) is 0 Å². The lowest BCUT2D eigenvalue weighted by Crippen LogP contribution is -2.37. The van der Waals surface area contributed by atoms with Gasteiger partial charge in [0, 0.05) is 18.5 Å². The first-order valence-electron chi connectivity index (χ1n) is 7.24. The fourth-order valence-corrected chi connectivity index (χ4v) is 2.28. The van der Waals surface area contributed by atoms with Gasteiger partial charge in [0.1, 0.15) is 5.76 Å². The zero-order valence-electron chi connectivity index (χ0n) is 11.9. The molecule has 1 aliphatic rings. The highest BCUT2D eigenvalue weighted by Gasteiger charge is 2.17. The quantitative estimate of drug-likeness (QED) is 0.608. The summed E-state index contributed by atoms with van der Waals surface area (Å²) < 4.78 is 5.31. The molecule has 2 rings (SSSR count). The van der Waals surface area contributed by atoms with Gasteiger partial charge in [0.15, 0.2) is 5.96 Å². The van der Waals surface area contributed by atoms with Crippen molar-refractivity contribution in [3.63, 3.8) is 0 Å². The summed E-state index contributed by atoms with van der Waals surface area (Å²) in [5, 5.41) is 7.27. The summed E-state index contributed by atoms with van der Waals surface area (Å²) in [6.45, 7) is 5.63. The Hall–Kier alpha value is -1.52. The number of rotatable bonds is 6. The number of aryl methyl sites for hydroxylation is 2. The van der Waals surface area contributed by atoms with Crippen molar-refractivity contribution in [1.82, 2.24) is 10.5 Å². The van der Waals surface area contributed by atoms with Crippen LogP contribution in [0.25, 0.3) is 0 Å². The molecule has 1 fully saturated rings. The molecule has 1 saturated carbocycles. The van der Waals surface area contributed by atoms with Gasteiger partial charge in [-0.25, -0.2) is 4.99 Å². The van der Waals surface area contributed by atoms with Gasteiger partial charge in [-0.15, -0.1) is 0 Å². The van der Waals surface area contributed by atoms with Gasteiger partial charge in [-0.1, -0.05) is 25.4 Å². The Kier molecular flexibility index (Phi) is 4.82. The molecule has 0 atom stereocenters. The van der Waals surface area contributed by atoms with Crippen LogP contribution in [0.5, 0.6) is 0 Å². The first-order chi connectivity index (χ1) is 9.24. The molecule has 0 unspecified atom stereocenters. The summed E-state index contributed by atoms with van der Waals surface area (Å²) in [6.07, 6.45) is 5.68. The van der Waals surface area contributed by atoms with E-state index in [9.17, 15) is 0 Å². The molecule has 0 spiro atoms. The number of aliphatic imine (C=N–C) groups is 1. The summed E-state index contributed by atoms with van der Waals surface area (Å²) >= 11 is 0. The third-order valence-electron chi connectivity index (χ3n) is 3.81. The second-order valence-corrected chi connectivity index (χ2v) is 5.12. The highest BCUT2D eigenvalue weighted by molar-refractivity contribution is 5.77. The summed E-state index contributed by atoms with van der Waals surface area (Å²) in [5.41, 5.74) is 7.98. The minimum absolute atomic E-state index is 0.525. The molecule has 1 heterocycles. The maximum Gasteiger partial charge on any atom is 0.188 e. The van der Waals surface area contributed by atoms with E-state index in [1.165, 1.54) is 19.3 Å². The average molecular weight is 264 g/mol. The largest absolute Gasteiger partial charge is 0.370 e. The molecule has 0 radical (unpaired) electrons. The van der Waals surface area contributed by atoms with Crippen molar-refractivity contribution in [2.24, 2.45) is 16.6 Å². The van der Waals surface area contributed by atoms with Gasteiger partial charge < -0.3 is 15.6 Å². The smallest absolute Gasteiger partial charge is 0.188 e. The molecule has 1 aromatic rings. The molecule has 3 N–H and O–H groups in total. The lowest BCUT2D eigenvalue weighted by Gasteiger charge is -2.25. The minimum Gasteiger partial charge on any atom is -0.370 e. The Balaban J connectivity index is 1.90. The van der Waals surface area contributed by atoms with E-state index in [2.05, 4.69) is 29.3 Å². The maximum atomic E-state index is 5.89. The number of aromatic nitrogens is 1. The summed E-state index contributed by atoms with van der Waals surface area (Å²) in [6, 6.07) is 0. The van der Waals surface area contributed by atoms with E-state index >= 15 is 0 Å². The van der Waals surface area contributed by atoms with E-state index in [0.717, 1.165) is 42.3 Å². The Bertz CT molecular complexity index is 413. The lowest BCUT2D eigenvalue weighted by molar-refractivity contribution is 0.315. The van der Waals surface area contributed by atoms with Crippen LogP contribution in [-0.2, 0) is 19.4 Å². The Labute approximate surface area is 114 Å². The van der Waals surface area contributed by atoms with Crippen LogP contribution in [0.4, 0.5) is 0 Å². The monoisotopic (exact) mass is 264 g/mol. The maximum absolute atomic E-state index is 5.89. The Morgan fingerprint density at radius 3 is 2.79 bits per heavy atom. The Morgan fingerprint density at radius 2 is 2.21 bits per heavy atom. The highest BCUT2D eigenvalue weighted by atomic mass is 16.5. The van der Waals surface area contributed by atoms with Gasteiger partial charge in [-0.05, 0) is 25.2 Å². The molecular formula is C14H24N4O. The van der Waals surface area contributed by atoms with Crippen molar-refractivity contribution in [3.8, 4) is 0 Å². The van der Waals surface area contributed by atoms with Crippen molar-refractivity contribution in [3.05, 3.63) is 17.0 Å². The summed E-state index contributed by atoms with van der Waals surface area (Å²) in [4.78, 5) is 4.40. The molecule has 0 saturated heterocycles. The van der Waals surface area contributed by atoms with Crippen LogP contribution in [0.2, 0.25) is 0 Å². The molecule has 0 amide bonds. The van der Waals surface area contributed by atoms with E-state index < -0.39 is 0 Å². The standard InChI is InChI=1S/C14H24N4O/c1-3-12-11(13(4-2)19-18-12)9-17-14(15)16-8-10-6-5-7-10/h10H,3-9H2,1-2H3,(H3,15,16,17). The topological polar surface area (TPSA) is 76.4 Å². The van der Waals surface area contributed by atoms with Crippen molar-refractivity contribution >= 4 is 5.96 Å². The van der Waals surface area contributed by atoms with Gasteiger partial charge in [-0.3, -0.25) is 0 Å². The molecule has 0 aliphatic heterocycles. The predicted octanol–water partition coefficient (Wildman–Crippen LogP) is 2.00. The van der Waals surface area contributed by atoms with Crippen molar-refractivity contribution < 1.29 is 4.52 Å². The second kappa shape index (κ2) is 6.59. The Morgan fingerprint density at radius 1 is 1.42 bits per heavy atom. The number of nitrogens with one attached hydrogen (secondary N) is 1. The van der Waals surface area contributed by atoms with Crippen LogP contribution >= 0.6 is 0 Å². The third-order valence-corrected chi connectivity index (χ3v) is 3.81. The van der Waals surface area contributed by atoms with Gasteiger partial charge in [0.25, 0.3) is 0 Å². The van der Waals surface area contributed by atoms with Crippen LogP contribution in [0.15, 0.2) is 9.52 Å². The molecular weight excluding hydrogens is 240 g/mol. The van der Waals surface area contributed by atoms with Gasteiger partial charge >= 0.3 is 0 Å². The lowest BCUT2D eigenvalue weighted by atomic mass is 9.85. The molecule has 19 heavy (non-hydrogen) atoms. The third kappa shape index (κ3) is 3.49. The van der Waals surface area contributed by atoms with Crippen LogP contribution in [0, 0.1) is 5.92 Å². The first kappa shape index (κ1) is 13.9. The molecule has 5 heteroatoms. The van der Waals surface area contributed by atoms with Crippen LogP contribution < -0.4 is 11.1 Å². The molecule has 5 nitrogen and oxygen atoms in total. The summed E-state index contributed by atoms with van der Waals surface area (Å²) in [5.74, 6) is 2.23. The molecule has 106 valence electrons. The minimum atomic E-state index is 0.525. The predicted molar refractivity (Wildman–Crippen MR) is 75.9 cm³/mol. The van der Waals surface area contributed by atoms with Gasteiger partial charge in [0.2, 0.25) is 0 Å². The zero-order valence-corrected chi connectivity index (χ0v) is 11.9. The van der Waals surface area contributed by atoms with Crippen molar-refractivity contribution in [2.75, 3.05) is 6.54 Å². The van der Waals surface area contributed by atoms with E-state index in [-0.39, 0.29) is 0 Å². The number of nitrogens with two attached hydrogens (primary N) is 1. The van der Waals surface area contributed by atoms with E-state index in [4.69, 9.17) is 10.3 Å². The molecule has 1 aromatic heterocycles. The zero-order chi connectivity index (χ0) is 13.7. The highest BCUT2D eigenvalue weighted by Crippen LogP contribution is 2.25. The number of hydrogen-bond acceptors (Lipinski definition) is 3. The van der Waals surface area contributed by atoms with Crippen LogP contribution in [0.1, 0.15) is 50.1 Å². The van der Waals surface area contributed by atoms with Crippen molar-refractivity contribution in [2.45, 2.75) is 52.5 Å². The van der Waals surface area contributed by atoms with E-state index in [0.29, 0.717) is 12.5 Å². The average Bonchev–Trinajstić information content (AvgIpc) is 2.76. The fraction of sp³-hybridized carbons (Fsp3) is 0.714. The second-order valence-electron chi connectivity index (χ2n) is 5.12. The van der Waals surface area contributed by atoms with Gasteiger partial charge in [0.05, 0.1) is 12.2 Å². The fourth-order valence-electron chi connectivity index (χ4n) is 2.28. The number of hydrogen-bond donors (Lipinski definition) is 2. The van der Waals surface area contributed by atoms with Crippen molar-refractivity contribution in [1.29, 1.82) is 0 Å². The molecule has 0 bridgehead atoms. The van der Waals surface area contributed by atoms with Crippen LogP contribution in [-0.4, -0.2) is 17.7 Å². The molecule has 1 aliphatic carbocycles. The first-order valence-corrected chi connectivity index (χ1v) is 7.24. The normalized spacial score (nSPS) is 16.4. The number of nitrogens with zero attached hydrogens (tertiary/aromatic N) is 2. The van der Waals surface area contributed by atoms with E-state index in [1.807, 2.05) is 0 Å². The SMILES string of the molecule is CCc1noc(CC)c1CN=C(N)NCC1CCC1. The van der Waals surface area contributed by atoms with Crippen LogP contribution in [0.3, 0.4) is 0 Å².